The number of hydrogen-bond donors (Lipinski definition) is 1. The van der Waals surface area contributed by atoms with Gasteiger partial charge in [0.15, 0.2) is 6.10 Å². The molecule has 0 aliphatic carbocycles. The second kappa shape index (κ2) is 70.5. The Hall–Kier alpha value is -4.74. The Morgan fingerprint density at radius 3 is 0.732 bits per heavy atom. The number of ether oxygens (including phenoxy) is 2. The lowest BCUT2D eigenvalue weighted by Gasteiger charge is -2.15. The van der Waals surface area contributed by atoms with Crippen molar-refractivity contribution in [3.63, 3.8) is 0 Å². The van der Waals surface area contributed by atoms with Gasteiger partial charge in [-0.15, -0.1) is 0 Å². The summed E-state index contributed by atoms with van der Waals surface area (Å²) < 4.78 is 10.7. The van der Waals surface area contributed by atoms with Crippen LogP contribution in [0.4, 0.5) is 0 Å². The zero-order valence-corrected chi connectivity index (χ0v) is 52.9. The number of carbonyl (C=O) groups excluding carboxylic acids is 2. The van der Waals surface area contributed by atoms with Crippen molar-refractivity contribution in [1.82, 2.24) is 0 Å². The van der Waals surface area contributed by atoms with E-state index in [4.69, 9.17) is 9.47 Å². The molecule has 0 aromatic rings. The molecule has 1 unspecified atom stereocenters. The van der Waals surface area contributed by atoms with Gasteiger partial charge in [0.2, 0.25) is 0 Å². The molecule has 0 aliphatic rings. The Labute approximate surface area is 506 Å². The van der Waals surface area contributed by atoms with E-state index >= 15 is 0 Å². The Morgan fingerprint density at radius 2 is 0.488 bits per heavy atom. The number of aliphatic hydroxyl groups is 1. The Balaban J connectivity index is 3.57. The predicted octanol–water partition coefficient (Wildman–Crippen LogP) is 23.6. The third kappa shape index (κ3) is 67.8. The van der Waals surface area contributed by atoms with Gasteiger partial charge in [0.1, 0.15) is 6.61 Å². The van der Waals surface area contributed by atoms with Crippen LogP contribution >= 0.6 is 0 Å². The van der Waals surface area contributed by atoms with E-state index in [1.165, 1.54) is 122 Å². The number of carbonyl (C=O) groups is 2. The number of aliphatic hydroxyl groups excluding tert-OH is 1. The third-order valence-corrected chi connectivity index (χ3v) is 14.0. The SMILES string of the molecule is CC/C=C\C/C=C\C/C=C\C/C=C\C/C=C\C/C=C\C/C=C\C/C=C\C/C=C\C/C=C\CCCCCCCCC(=O)OC(CO)COC(=O)CCCCCCCCCCCCCCCCCCCC/C=C\C/C=C\C/C=C\C/C=C\CC. The lowest BCUT2D eigenvalue weighted by atomic mass is 10.0. The second-order valence-corrected chi connectivity index (χ2v) is 21.8. The summed E-state index contributed by atoms with van der Waals surface area (Å²) in [6.45, 7) is 3.91. The van der Waals surface area contributed by atoms with E-state index in [2.05, 4.69) is 184 Å². The van der Waals surface area contributed by atoms with Crippen LogP contribution in [0.5, 0.6) is 0 Å². The molecule has 0 aromatic carbocycles. The van der Waals surface area contributed by atoms with E-state index in [0.29, 0.717) is 12.8 Å². The molecule has 0 aromatic heterocycles. The van der Waals surface area contributed by atoms with Gasteiger partial charge in [-0.1, -0.05) is 312 Å². The summed E-state index contributed by atoms with van der Waals surface area (Å²) in [5.41, 5.74) is 0. The lowest BCUT2D eigenvalue weighted by molar-refractivity contribution is -0.161. The molecule has 0 saturated carbocycles. The van der Waals surface area contributed by atoms with E-state index in [9.17, 15) is 14.7 Å². The number of esters is 2. The molecule has 0 fully saturated rings. The van der Waals surface area contributed by atoms with Gasteiger partial charge in [-0.2, -0.15) is 0 Å². The largest absolute Gasteiger partial charge is 0.462 e. The molecular formula is C77H124O5. The van der Waals surface area contributed by atoms with Crippen molar-refractivity contribution in [2.75, 3.05) is 13.2 Å². The van der Waals surface area contributed by atoms with Crippen molar-refractivity contribution in [1.29, 1.82) is 0 Å². The number of allylic oxidation sites excluding steroid dienone is 28. The Kier molecular flexibility index (Phi) is 66.4. The minimum Gasteiger partial charge on any atom is -0.462 e. The molecule has 5 heteroatoms. The highest BCUT2D eigenvalue weighted by atomic mass is 16.6. The maximum atomic E-state index is 12.4. The van der Waals surface area contributed by atoms with Crippen molar-refractivity contribution in [3.05, 3.63) is 170 Å². The zero-order chi connectivity index (χ0) is 59.1. The lowest BCUT2D eigenvalue weighted by Crippen LogP contribution is -2.28. The molecule has 462 valence electrons. The van der Waals surface area contributed by atoms with Gasteiger partial charge in [-0.05, 0) is 128 Å². The maximum absolute atomic E-state index is 12.4. The van der Waals surface area contributed by atoms with E-state index in [1.807, 2.05) is 0 Å². The number of unbranched alkanes of at least 4 members (excludes halogenated alkanes) is 24. The fourth-order valence-corrected chi connectivity index (χ4v) is 9.05. The van der Waals surface area contributed by atoms with Crippen LogP contribution in [0.25, 0.3) is 0 Å². The van der Waals surface area contributed by atoms with Crippen LogP contribution in [-0.2, 0) is 19.1 Å². The summed E-state index contributed by atoms with van der Waals surface area (Å²) in [6.07, 6.45) is 109. The highest BCUT2D eigenvalue weighted by Gasteiger charge is 2.16. The van der Waals surface area contributed by atoms with Crippen LogP contribution in [0.3, 0.4) is 0 Å². The topological polar surface area (TPSA) is 72.8 Å². The molecule has 0 heterocycles. The summed E-state index contributed by atoms with van der Waals surface area (Å²) in [4.78, 5) is 24.6. The smallest absolute Gasteiger partial charge is 0.306 e. The first-order chi connectivity index (χ1) is 40.6. The fraction of sp³-hybridized carbons (Fsp3) is 0.610. The maximum Gasteiger partial charge on any atom is 0.306 e. The molecular weight excluding hydrogens is 1000 g/mol. The summed E-state index contributed by atoms with van der Waals surface area (Å²) in [5.74, 6) is -0.610. The van der Waals surface area contributed by atoms with Crippen molar-refractivity contribution >= 4 is 11.9 Å². The summed E-state index contributed by atoms with van der Waals surface area (Å²) in [5, 5.41) is 9.70. The first-order valence-electron chi connectivity index (χ1n) is 33.7. The van der Waals surface area contributed by atoms with Crippen LogP contribution in [0.1, 0.15) is 284 Å². The normalized spacial score (nSPS) is 13.4. The quantitative estimate of drug-likeness (QED) is 0.0373. The van der Waals surface area contributed by atoms with Crippen LogP contribution < -0.4 is 0 Å². The number of rotatable bonds is 60. The molecule has 82 heavy (non-hydrogen) atoms. The summed E-state index contributed by atoms with van der Waals surface area (Å²) in [6, 6.07) is 0. The standard InChI is InChI=1S/C77H124O5/c1-3-5-7-9-11-13-15-17-19-21-23-25-27-29-31-33-35-36-37-38-39-40-42-44-46-48-50-52-54-56-58-60-62-64-66-68-70-72-77(80)82-75(73-78)74-81-76(79)71-69-67-65-63-61-59-57-55-53-51-49-47-45-43-41-34-32-30-28-26-24-22-20-18-16-14-12-10-8-6-4-2/h5-8,11-14,17-20,23-26,29,31,35-36,38-39,42,44,48,50,54,56,75,78H,3-4,9-10,15-16,21-22,27-28,30,32-34,37,40-41,43,45-47,49,51-53,55,57-74H2,1-2H3/b7-5-,8-6-,13-11-,14-12-,19-17-,20-18-,25-23-,26-24-,31-29-,36-35-,39-38-,44-42-,50-48-,56-54-. The molecule has 0 spiro atoms. The minimum absolute atomic E-state index is 0.0799. The van der Waals surface area contributed by atoms with Gasteiger partial charge in [0.25, 0.3) is 0 Å². The average Bonchev–Trinajstić information content (AvgIpc) is 3.49. The van der Waals surface area contributed by atoms with Gasteiger partial charge in [-0.3, -0.25) is 9.59 Å². The molecule has 0 amide bonds. The van der Waals surface area contributed by atoms with Crippen LogP contribution in [-0.4, -0.2) is 36.4 Å². The molecule has 0 rings (SSSR count). The highest BCUT2D eigenvalue weighted by Crippen LogP contribution is 2.16. The van der Waals surface area contributed by atoms with Gasteiger partial charge >= 0.3 is 11.9 Å². The molecule has 0 saturated heterocycles. The van der Waals surface area contributed by atoms with E-state index in [-0.39, 0.29) is 25.2 Å². The van der Waals surface area contributed by atoms with E-state index in [1.54, 1.807) is 0 Å². The van der Waals surface area contributed by atoms with Crippen molar-refractivity contribution < 1.29 is 24.2 Å². The molecule has 0 bridgehead atoms. The van der Waals surface area contributed by atoms with Crippen molar-refractivity contribution in [2.45, 2.75) is 290 Å². The Morgan fingerprint density at radius 1 is 0.280 bits per heavy atom. The minimum atomic E-state index is -0.793. The van der Waals surface area contributed by atoms with Crippen LogP contribution in [0.2, 0.25) is 0 Å². The molecule has 1 N–H and O–H groups in total. The van der Waals surface area contributed by atoms with Gasteiger partial charge in [-0.25, -0.2) is 0 Å². The predicted molar refractivity (Wildman–Crippen MR) is 361 cm³/mol. The first-order valence-corrected chi connectivity index (χ1v) is 33.7. The molecule has 0 aliphatic heterocycles. The van der Waals surface area contributed by atoms with E-state index < -0.39 is 6.10 Å². The van der Waals surface area contributed by atoms with Crippen LogP contribution in [0.15, 0.2) is 170 Å². The van der Waals surface area contributed by atoms with E-state index in [0.717, 1.165) is 135 Å². The van der Waals surface area contributed by atoms with Gasteiger partial charge in [0, 0.05) is 12.8 Å². The van der Waals surface area contributed by atoms with Gasteiger partial charge < -0.3 is 14.6 Å². The fourth-order valence-electron chi connectivity index (χ4n) is 9.05. The molecule has 0 radical (unpaired) electrons. The van der Waals surface area contributed by atoms with Gasteiger partial charge in [0.05, 0.1) is 6.61 Å². The highest BCUT2D eigenvalue weighted by molar-refractivity contribution is 5.70. The summed E-state index contributed by atoms with van der Waals surface area (Å²) >= 11 is 0. The molecule has 5 nitrogen and oxygen atoms in total. The van der Waals surface area contributed by atoms with Crippen molar-refractivity contribution in [2.24, 2.45) is 0 Å². The average molecular weight is 1130 g/mol. The monoisotopic (exact) mass is 1130 g/mol. The zero-order valence-electron chi connectivity index (χ0n) is 52.9. The number of hydrogen-bond acceptors (Lipinski definition) is 5. The first kappa shape index (κ1) is 77.3. The summed E-state index contributed by atoms with van der Waals surface area (Å²) in [7, 11) is 0. The third-order valence-electron chi connectivity index (χ3n) is 14.0. The molecule has 1 atom stereocenters. The Bertz CT molecular complexity index is 1810. The van der Waals surface area contributed by atoms with Crippen molar-refractivity contribution in [3.8, 4) is 0 Å². The van der Waals surface area contributed by atoms with Crippen LogP contribution in [0, 0.1) is 0 Å². The second-order valence-electron chi connectivity index (χ2n) is 21.8.